The van der Waals surface area contributed by atoms with Crippen molar-refractivity contribution in [3.63, 3.8) is 0 Å². The number of aryl methyl sites for hydroxylation is 1. The van der Waals surface area contributed by atoms with E-state index in [0.29, 0.717) is 16.9 Å². The molecule has 0 fully saturated rings. The van der Waals surface area contributed by atoms with Gasteiger partial charge in [0, 0.05) is 25.5 Å². The molecule has 0 saturated carbocycles. The second-order valence-electron chi connectivity index (χ2n) is 3.99. The topological polar surface area (TPSA) is 64.9 Å². The summed E-state index contributed by atoms with van der Waals surface area (Å²) in [6.07, 6.45) is 9.16. The fraction of sp³-hybridized carbons (Fsp3) is 0.417. The number of imidazole rings is 1. The monoisotopic (exact) mass is 281 g/mol. The minimum atomic E-state index is 0.310. The number of methoxy groups -OCH3 is 1. The Labute approximate surface area is 116 Å². The van der Waals surface area contributed by atoms with Crippen LogP contribution in [0, 0.1) is 0 Å². The maximum atomic E-state index is 5.99. The number of unbranched alkanes of at least 4 members (excludes halogenated alkanes) is 1. The maximum Gasteiger partial charge on any atom is 0.318 e. The first-order valence-corrected chi connectivity index (χ1v) is 6.43. The summed E-state index contributed by atoms with van der Waals surface area (Å²) in [5, 5.41) is 3.68. The third-order valence-electron chi connectivity index (χ3n) is 2.60. The zero-order chi connectivity index (χ0) is 13.5. The zero-order valence-electron chi connectivity index (χ0n) is 10.7. The summed E-state index contributed by atoms with van der Waals surface area (Å²) in [6, 6.07) is 0.310. The standard InChI is InChI=1S/C12H16ClN5O/c1-19-12-16-8-10(13)11(17-12)15-4-2-3-6-18-7-5-14-9-18/h5,7-9H,2-4,6H2,1H3,(H,15,16,17). The van der Waals surface area contributed by atoms with Crippen molar-refractivity contribution in [2.24, 2.45) is 0 Å². The molecule has 6 nitrogen and oxygen atoms in total. The largest absolute Gasteiger partial charge is 0.467 e. The number of rotatable bonds is 7. The molecule has 0 saturated heterocycles. The zero-order valence-corrected chi connectivity index (χ0v) is 11.5. The highest BCUT2D eigenvalue weighted by molar-refractivity contribution is 6.32. The molecule has 2 aromatic rings. The third-order valence-corrected chi connectivity index (χ3v) is 2.88. The van der Waals surface area contributed by atoms with Gasteiger partial charge in [-0.25, -0.2) is 9.97 Å². The van der Waals surface area contributed by atoms with Crippen molar-refractivity contribution >= 4 is 17.4 Å². The van der Waals surface area contributed by atoms with Crippen LogP contribution in [-0.4, -0.2) is 33.2 Å². The van der Waals surface area contributed by atoms with Crippen molar-refractivity contribution in [3.8, 4) is 6.01 Å². The van der Waals surface area contributed by atoms with Gasteiger partial charge in [-0.2, -0.15) is 4.98 Å². The molecule has 0 aliphatic heterocycles. The van der Waals surface area contributed by atoms with Gasteiger partial charge in [0.25, 0.3) is 0 Å². The number of hydrogen-bond acceptors (Lipinski definition) is 5. The minimum Gasteiger partial charge on any atom is -0.467 e. The van der Waals surface area contributed by atoms with Gasteiger partial charge >= 0.3 is 6.01 Å². The van der Waals surface area contributed by atoms with Crippen LogP contribution in [0.4, 0.5) is 5.82 Å². The second kappa shape index (κ2) is 6.94. The van der Waals surface area contributed by atoms with Crippen LogP contribution >= 0.6 is 11.6 Å². The maximum absolute atomic E-state index is 5.99. The Hall–Kier alpha value is -1.82. The average Bonchev–Trinajstić information content (AvgIpc) is 2.93. The summed E-state index contributed by atoms with van der Waals surface area (Å²) < 4.78 is 7.01. The smallest absolute Gasteiger partial charge is 0.318 e. The highest BCUT2D eigenvalue weighted by Crippen LogP contribution is 2.19. The molecule has 1 N–H and O–H groups in total. The molecule has 0 aliphatic carbocycles. The van der Waals surface area contributed by atoms with E-state index >= 15 is 0 Å². The van der Waals surface area contributed by atoms with Crippen LogP contribution in [0.1, 0.15) is 12.8 Å². The van der Waals surface area contributed by atoms with Crippen LogP contribution in [-0.2, 0) is 6.54 Å². The molecule has 2 rings (SSSR count). The van der Waals surface area contributed by atoms with E-state index < -0.39 is 0 Å². The summed E-state index contributed by atoms with van der Waals surface area (Å²) in [7, 11) is 1.53. The van der Waals surface area contributed by atoms with Crippen molar-refractivity contribution in [2.45, 2.75) is 19.4 Å². The number of nitrogens with one attached hydrogen (secondary N) is 1. The van der Waals surface area contributed by atoms with Gasteiger partial charge in [-0.1, -0.05) is 11.6 Å². The lowest BCUT2D eigenvalue weighted by atomic mass is 10.3. The molecule has 2 aromatic heterocycles. The molecule has 0 atom stereocenters. The molecule has 0 unspecified atom stereocenters. The SMILES string of the molecule is COc1ncc(Cl)c(NCCCCn2ccnc2)n1. The normalized spacial score (nSPS) is 10.4. The molecule has 102 valence electrons. The molecule has 7 heteroatoms. The van der Waals surface area contributed by atoms with E-state index in [4.69, 9.17) is 16.3 Å². The number of hydrogen-bond donors (Lipinski definition) is 1. The van der Waals surface area contributed by atoms with Crippen molar-refractivity contribution < 1.29 is 4.74 Å². The van der Waals surface area contributed by atoms with E-state index in [1.54, 1.807) is 6.20 Å². The van der Waals surface area contributed by atoms with Crippen LogP contribution in [0.25, 0.3) is 0 Å². The Morgan fingerprint density at radius 3 is 3.05 bits per heavy atom. The fourth-order valence-corrected chi connectivity index (χ4v) is 1.78. The highest BCUT2D eigenvalue weighted by atomic mass is 35.5. The van der Waals surface area contributed by atoms with Gasteiger partial charge in [0.15, 0.2) is 5.82 Å². The van der Waals surface area contributed by atoms with Gasteiger partial charge in [-0.3, -0.25) is 0 Å². The van der Waals surface area contributed by atoms with Crippen LogP contribution < -0.4 is 10.1 Å². The summed E-state index contributed by atoms with van der Waals surface area (Å²) in [4.78, 5) is 12.1. The molecule has 0 spiro atoms. The average molecular weight is 282 g/mol. The summed E-state index contributed by atoms with van der Waals surface area (Å²) in [5.74, 6) is 0.608. The van der Waals surface area contributed by atoms with E-state index in [-0.39, 0.29) is 0 Å². The molecule has 2 heterocycles. The van der Waals surface area contributed by atoms with Gasteiger partial charge < -0.3 is 14.6 Å². The molecule has 0 aromatic carbocycles. The van der Waals surface area contributed by atoms with Gasteiger partial charge in [0.2, 0.25) is 0 Å². The molecule has 0 bridgehead atoms. The molecule has 0 amide bonds. The molecule has 0 radical (unpaired) electrons. The number of ether oxygens (including phenoxy) is 1. The summed E-state index contributed by atoms with van der Waals surface area (Å²) >= 11 is 5.99. The number of aromatic nitrogens is 4. The van der Waals surface area contributed by atoms with Gasteiger partial charge in [-0.05, 0) is 12.8 Å². The van der Waals surface area contributed by atoms with E-state index in [9.17, 15) is 0 Å². The Kier molecular flexibility index (Phi) is 4.97. The van der Waals surface area contributed by atoms with E-state index in [2.05, 4.69) is 24.8 Å². The number of nitrogens with zero attached hydrogens (tertiary/aromatic N) is 4. The predicted molar refractivity (Wildman–Crippen MR) is 73.5 cm³/mol. The van der Waals surface area contributed by atoms with E-state index in [1.807, 2.05) is 12.5 Å². The van der Waals surface area contributed by atoms with Gasteiger partial charge in [0.05, 0.1) is 19.6 Å². The second-order valence-corrected chi connectivity index (χ2v) is 4.39. The highest BCUT2D eigenvalue weighted by Gasteiger charge is 2.04. The molecular formula is C12H16ClN5O. The van der Waals surface area contributed by atoms with E-state index in [1.165, 1.54) is 13.3 Å². The van der Waals surface area contributed by atoms with Crippen molar-refractivity contribution in [2.75, 3.05) is 19.0 Å². The minimum absolute atomic E-state index is 0.310. The number of halogens is 1. The van der Waals surface area contributed by atoms with Crippen LogP contribution in [0.3, 0.4) is 0 Å². The predicted octanol–water partition coefficient (Wildman–Crippen LogP) is 2.23. The molecular weight excluding hydrogens is 266 g/mol. The van der Waals surface area contributed by atoms with Crippen LogP contribution in [0.15, 0.2) is 24.9 Å². The van der Waals surface area contributed by atoms with Crippen LogP contribution in [0.5, 0.6) is 6.01 Å². The Morgan fingerprint density at radius 1 is 1.42 bits per heavy atom. The molecule has 19 heavy (non-hydrogen) atoms. The first kappa shape index (κ1) is 13.6. The van der Waals surface area contributed by atoms with E-state index in [0.717, 1.165) is 25.9 Å². The van der Waals surface area contributed by atoms with Crippen LogP contribution in [0.2, 0.25) is 5.02 Å². The first-order chi connectivity index (χ1) is 9.29. The number of anilines is 1. The van der Waals surface area contributed by atoms with Crippen molar-refractivity contribution in [1.82, 2.24) is 19.5 Å². The lowest BCUT2D eigenvalue weighted by Gasteiger charge is -2.08. The van der Waals surface area contributed by atoms with Crippen molar-refractivity contribution in [3.05, 3.63) is 29.9 Å². The lowest BCUT2D eigenvalue weighted by Crippen LogP contribution is -2.06. The molecule has 0 aliphatic rings. The van der Waals surface area contributed by atoms with Gasteiger partial charge in [-0.15, -0.1) is 0 Å². The van der Waals surface area contributed by atoms with Crippen molar-refractivity contribution in [1.29, 1.82) is 0 Å². The Balaban J connectivity index is 1.73. The Morgan fingerprint density at radius 2 is 2.32 bits per heavy atom. The third kappa shape index (κ3) is 4.10. The fourth-order valence-electron chi connectivity index (χ4n) is 1.62. The first-order valence-electron chi connectivity index (χ1n) is 6.05. The summed E-state index contributed by atoms with van der Waals surface area (Å²) in [6.45, 7) is 1.76. The summed E-state index contributed by atoms with van der Waals surface area (Å²) in [5.41, 5.74) is 0. The van der Waals surface area contributed by atoms with Gasteiger partial charge in [0.1, 0.15) is 5.02 Å². The Bertz CT molecular complexity index is 503. The lowest BCUT2D eigenvalue weighted by molar-refractivity contribution is 0.380. The quantitative estimate of drug-likeness (QED) is 0.789.